The van der Waals surface area contributed by atoms with Crippen molar-refractivity contribution in [3.8, 4) is 5.75 Å². The maximum Gasteiger partial charge on any atom is 0.419 e. The van der Waals surface area contributed by atoms with Crippen LogP contribution >= 0.6 is 12.4 Å². The molecule has 0 fully saturated rings. The number of hydrogen-bond donors (Lipinski definition) is 2. The number of nitrogens with two attached hydrogens (primary N) is 1. The summed E-state index contributed by atoms with van der Waals surface area (Å²) in [6, 6.07) is 13.2. The fourth-order valence-electron chi connectivity index (χ4n) is 2.43. The van der Waals surface area contributed by atoms with Crippen LogP contribution in [0.25, 0.3) is 0 Å². The zero-order chi connectivity index (χ0) is 19.2. The molecule has 0 aliphatic rings. The number of amides is 1. The Kier molecular flexibility index (Phi) is 8.59. The zero-order valence-corrected chi connectivity index (χ0v) is 15.5. The Morgan fingerprint density at radius 3 is 2.33 bits per heavy atom. The van der Waals surface area contributed by atoms with E-state index in [-0.39, 0.29) is 37.1 Å². The Morgan fingerprint density at radius 1 is 1.11 bits per heavy atom. The molecule has 2 atom stereocenters. The summed E-state index contributed by atoms with van der Waals surface area (Å²) in [5.74, 6) is -0.552. The third-order valence-electron chi connectivity index (χ3n) is 3.72. The topological polar surface area (TPSA) is 64.3 Å². The maximum absolute atomic E-state index is 12.9. The van der Waals surface area contributed by atoms with Crippen molar-refractivity contribution in [2.24, 2.45) is 5.73 Å². The number of hydrogen-bond acceptors (Lipinski definition) is 3. The number of carbonyl (C=O) groups excluding carboxylic acids is 1. The lowest BCUT2D eigenvalue weighted by molar-refractivity contribution is -0.139. The number of halogens is 4. The van der Waals surface area contributed by atoms with E-state index < -0.39 is 23.8 Å². The molecule has 0 saturated heterocycles. The third kappa shape index (κ3) is 7.11. The van der Waals surface area contributed by atoms with Crippen molar-refractivity contribution in [1.29, 1.82) is 0 Å². The van der Waals surface area contributed by atoms with Crippen LogP contribution < -0.4 is 15.8 Å². The second-order valence-electron chi connectivity index (χ2n) is 5.99. The van der Waals surface area contributed by atoms with E-state index in [9.17, 15) is 18.0 Å². The second-order valence-corrected chi connectivity index (χ2v) is 5.99. The van der Waals surface area contributed by atoms with Crippen molar-refractivity contribution >= 4 is 18.3 Å². The lowest BCUT2D eigenvalue weighted by Gasteiger charge is -2.19. The van der Waals surface area contributed by atoms with E-state index >= 15 is 0 Å². The van der Waals surface area contributed by atoms with E-state index in [2.05, 4.69) is 5.32 Å². The van der Waals surface area contributed by atoms with Crippen molar-refractivity contribution in [1.82, 2.24) is 5.32 Å². The summed E-state index contributed by atoms with van der Waals surface area (Å²) in [5.41, 5.74) is 5.98. The molecule has 0 saturated carbocycles. The van der Waals surface area contributed by atoms with E-state index in [1.54, 1.807) is 6.92 Å². The van der Waals surface area contributed by atoms with E-state index in [0.717, 1.165) is 11.6 Å². The van der Waals surface area contributed by atoms with Gasteiger partial charge < -0.3 is 15.8 Å². The molecule has 0 aliphatic carbocycles. The van der Waals surface area contributed by atoms with Gasteiger partial charge in [0, 0.05) is 12.5 Å². The van der Waals surface area contributed by atoms with Crippen LogP contribution in [0, 0.1) is 0 Å². The quantitative estimate of drug-likeness (QED) is 0.732. The van der Waals surface area contributed by atoms with Crippen LogP contribution in [-0.2, 0) is 11.0 Å². The second kappa shape index (κ2) is 10.2. The van der Waals surface area contributed by atoms with E-state index in [1.165, 1.54) is 18.2 Å². The molecule has 8 heteroatoms. The summed E-state index contributed by atoms with van der Waals surface area (Å²) in [4.78, 5) is 12.0. The third-order valence-corrected chi connectivity index (χ3v) is 3.72. The Morgan fingerprint density at radius 2 is 1.70 bits per heavy atom. The molecule has 148 valence electrons. The summed E-state index contributed by atoms with van der Waals surface area (Å²) in [6.45, 7) is 1.57. The number of nitrogens with one attached hydrogen (secondary N) is 1. The number of carbonyl (C=O) groups is 1. The first-order valence-electron chi connectivity index (χ1n) is 8.16. The highest BCUT2D eigenvalue weighted by atomic mass is 35.5. The van der Waals surface area contributed by atoms with Gasteiger partial charge in [0.25, 0.3) is 0 Å². The number of rotatable bonds is 7. The molecule has 0 bridgehead atoms. The van der Waals surface area contributed by atoms with E-state index in [1.807, 2.05) is 30.3 Å². The van der Waals surface area contributed by atoms with Crippen molar-refractivity contribution in [2.45, 2.75) is 31.6 Å². The Labute approximate surface area is 162 Å². The van der Waals surface area contributed by atoms with Crippen LogP contribution in [-0.4, -0.2) is 18.6 Å². The molecule has 1 amide bonds. The van der Waals surface area contributed by atoms with Crippen molar-refractivity contribution in [3.63, 3.8) is 0 Å². The fraction of sp³-hybridized carbons (Fsp3) is 0.316. The van der Waals surface area contributed by atoms with E-state index in [0.29, 0.717) is 0 Å². The number of ether oxygens (including phenoxy) is 1. The smallest absolute Gasteiger partial charge is 0.419 e. The van der Waals surface area contributed by atoms with Crippen LogP contribution in [0.5, 0.6) is 5.75 Å². The highest BCUT2D eigenvalue weighted by Gasteiger charge is 2.34. The van der Waals surface area contributed by atoms with Gasteiger partial charge in [-0.2, -0.15) is 13.2 Å². The van der Waals surface area contributed by atoms with Gasteiger partial charge in [0.1, 0.15) is 12.4 Å². The fourth-order valence-corrected chi connectivity index (χ4v) is 2.43. The average molecular weight is 403 g/mol. The first-order chi connectivity index (χ1) is 12.3. The van der Waals surface area contributed by atoms with Gasteiger partial charge in [-0.25, -0.2) is 0 Å². The van der Waals surface area contributed by atoms with Gasteiger partial charge >= 0.3 is 6.18 Å². The summed E-state index contributed by atoms with van der Waals surface area (Å²) >= 11 is 0. The van der Waals surface area contributed by atoms with Gasteiger partial charge in [0.2, 0.25) is 5.91 Å². The normalized spacial score (nSPS) is 13.2. The number of para-hydroxylation sites is 1. The van der Waals surface area contributed by atoms with Gasteiger partial charge in [-0.05, 0) is 24.6 Å². The maximum atomic E-state index is 12.9. The van der Waals surface area contributed by atoms with Crippen LogP contribution in [0.2, 0.25) is 0 Å². The molecule has 0 aliphatic heterocycles. The molecular weight excluding hydrogens is 381 g/mol. The van der Waals surface area contributed by atoms with Gasteiger partial charge in [0.15, 0.2) is 0 Å². The minimum Gasteiger partial charge on any atom is -0.491 e. The molecular formula is C19H22ClF3N2O2. The SMILES string of the molecule is CC(COc1ccccc1C(F)(F)F)NC(=O)CC(N)c1ccccc1.Cl. The minimum atomic E-state index is -4.49. The van der Waals surface area contributed by atoms with Crippen molar-refractivity contribution < 1.29 is 22.7 Å². The number of benzene rings is 2. The van der Waals surface area contributed by atoms with Crippen LogP contribution in [0.1, 0.15) is 30.5 Å². The lowest BCUT2D eigenvalue weighted by Crippen LogP contribution is -2.38. The van der Waals surface area contributed by atoms with Crippen molar-refractivity contribution in [2.75, 3.05) is 6.61 Å². The molecule has 2 aromatic carbocycles. The number of alkyl halides is 3. The van der Waals surface area contributed by atoms with Gasteiger partial charge in [-0.1, -0.05) is 42.5 Å². The molecule has 27 heavy (non-hydrogen) atoms. The van der Waals surface area contributed by atoms with Crippen LogP contribution in [0.15, 0.2) is 54.6 Å². The lowest BCUT2D eigenvalue weighted by atomic mass is 10.0. The molecule has 4 nitrogen and oxygen atoms in total. The predicted molar refractivity (Wildman–Crippen MR) is 99.8 cm³/mol. The van der Waals surface area contributed by atoms with Gasteiger partial charge in [0.05, 0.1) is 11.6 Å². The molecule has 0 aromatic heterocycles. The van der Waals surface area contributed by atoms with Crippen LogP contribution in [0.3, 0.4) is 0 Å². The largest absolute Gasteiger partial charge is 0.491 e. The van der Waals surface area contributed by atoms with Gasteiger partial charge in [-0.3, -0.25) is 4.79 Å². The molecule has 0 radical (unpaired) electrons. The first kappa shape index (κ1) is 22.8. The monoisotopic (exact) mass is 402 g/mol. The van der Waals surface area contributed by atoms with Crippen molar-refractivity contribution in [3.05, 3.63) is 65.7 Å². The summed E-state index contributed by atoms with van der Waals surface area (Å²) < 4.78 is 44.0. The standard InChI is InChI=1S/C19H21F3N2O2.ClH/c1-13(12-26-17-10-6-5-9-15(17)19(20,21)22)24-18(25)11-16(23)14-7-3-2-4-8-14;/h2-10,13,16H,11-12,23H2,1H3,(H,24,25);1H. The zero-order valence-electron chi connectivity index (χ0n) is 14.7. The average Bonchev–Trinajstić information content (AvgIpc) is 2.60. The Balaban J connectivity index is 0.00000364. The van der Waals surface area contributed by atoms with Gasteiger partial charge in [-0.15, -0.1) is 12.4 Å². The summed E-state index contributed by atoms with van der Waals surface area (Å²) in [6.07, 6.45) is -4.42. The summed E-state index contributed by atoms with van der Waals surface area (Å²) in [5, 5.41) is 2.68. The summed E-state index contributed by atoms with van der Waals surface area (Å²) in [7, 11) is 0. The predicted octanol–water partition coefficient (Wildman–Crippen LogP) is 4.10. The molecule has 2 unspecified atom stereocenters. The molecule has 2 aromatic rings. The minimum absolute atomic E-state index is 0. The molecule has 2 rings (SSSR count). The molecule has 0 spiro atoms. The molecule has 3 N–H and O–H groups in total. The first-order valence-corrected chi connectivity index (χ1v) is 8.16. The van der Waals surface area contributed by atoms with E-state index in [4.69, 9.17) is 10.5 Å². The Bertz CT molecular complexity index is 726. The highest BCUT2D eigenvalue weighted by molar-refractivity contribution is 5.85. The van der Waals surface area contributed by atoms with Crippen LogP contribution in [0.4, 0.5) is 13.2 Å². The molecule has 0 heterocycles. The highest BCUT2D eigenvalue weighted by Crippen LogP contribution is 2.35. The Hall–Kier alpha value is -2.25.